The van der Waals surface area contributed by atoms with E-state index >= 15 is 0 Å². The molecule has 2 amide bonds. The summed E-state index contributed by atoms with van der Waals surface area (Å²) >= 11 is 12.5. The van der Waals surface area contributed by atoms with Crippen LogP contribution in [0.25, 0.3) is 0 Å². The normalized spacial score (nSPS) is 15.4. The maximum Gasteiger partial charge on any atom is 0.243 e. The van der Waals surface area contributed by atoms with E-state index in [1.807, 2.05) is 54.6 Å². The molecule has 210 valence electrons. The van der Waals surface area contributed by atoms with Crippen LogP contribution < -0.4 is 14.8 Å². The van der Waals surface area contributed by atoms with Crippen molar-refractivity contribution in [3.8, 4) is 11.5 Å². The van der Waals surface area contributed by atoms with Crippen molar-refractivity contribution in [1.82, 2.24) is 10.2 Å². The van der Waals surface area contributed by atoms with E-state index in [4.69, 9.17) is 32.7 Å². The number of hydrogen-bond donors (Lipinski definition) is 1. The number of carbonyl (C=O) groups is 2. The number of aryl methyl sites for hydroxylation is 1. The van der Waals surface area contributed by atoms with Gasteiger partial charge in [0.2, 0.25) is 11.8 Å². The molecule has 0 saturated heterocycles. The van der Waals surface area contributed by atoms with Crippen LogP contribution in [0.15, 0.2) is 66.7 Å². The van der Waals surface area contributed by atoms with Gasteiger partial charge in [0.05, 0.1) is 10.0 Å². The summed E-state index contributed by atoms with van der Waals surface area (Å²) in [6.07, 6.45) is 5.31. The van der Waals surface area contributed by atoms with Crippen LogP contribution in [-0.2, 0) is 29.0 Å². The monoisotopic (exact) mass is 580 g/mol. The van der Waals surface area contributed by atoms with Gasteiger partial charge < -0.3 is 19.7 Å². The summed E-state index contributed by atoms with van der Waals surface area (Å²) < 4.78 is 11.4. The third-order valence-corrected chi connectivity index (χ3v) is 8.28. The van der Waals surface area contributed by atoms with Crippen LogP contribution in [-0.4, -0.2) is 42.0 Å². The van der Waals surface area contributed by atoms with E-state index in [1.54, 1.807) is 17.0 Å². The molecule has 5 rings (SSSR count). The van der Waals surface area contributed by atoms with Crippen LogP contribution in [0.1, 0.15) is 48.8 Å². The van der Waals surface area contributed by atoms with E-state index in [1.165, 1.54) is 0 Å². The molecule has 8 heteroatoms. The molecule has 1 N–H and O–H groups in total. The minimum Gasteiger partial charge on any atom is -0.486 e. The first-order chi connectivity index (χ1) is 19.5. The number of carbonyl (C=O) groups excluding carboxylic acids is 2. The van der Waals surface area contributed by atoms with E-state index < -0.39 is 6.04 Å². The van der Waals surface area contributed by atoms with Crippen molar-refractivity contribution in [2.45, 2.75) is 63.6 Å². The molecule has 0 radical (unpaired) electrons. The second-order valence-electron chi connectivity index (χ2n) is 10.4. The molecular formula is C32H34Cl2N2O4. The molecule has 1 atom stereocenters. The highest BCUT2D eigenvalue weighted by molar-refractivity contribution is 6.42. The van der Waals surface area contributed by atoms with Crippen LogP contribution in [0.4, 0.5) is 0 Å². The summed E-state index contributed by atoms with van der Waals surface area (Å²) in [4.78, 5) is 29.5. The van der Waals surface area contributed by atoms with Crippen LogP contribution >= 0.6 is 23.2 Å². The molecule has 0 spiro atoms. The molecule has 1 fully saturated rings. The summed E-state index contributed by atoms with van der Waals surface area (Å²) in [5.41, 5.74) is 2.78. The van der Waals surface area contributed by atoms with Gasteiger partial charge in [-0.3, -0.25) is 9.59 Å². The average molecular weight is 582 g/mol. The summed E-state index contributed by atoms with van der Waals surface area (Å²) in [6.45, 7) is 1.27. The lowest BCUT2D eigenvalue weighted by Gasteiger charge is -2.32. The number of benzene rings is 3. The largest absolute Gasteiger partial charge is 0.486 e. The van der Waals surface area contributed by atoms with E-state index in [9.17, 15) is 9.59 Å². The van der Waals surface area contributed by atoms with E-state index in [2.05, 4.69) is 5.32 Å². The van der Waals surface area contributed by atoms with Gasteiger partial charge in [-0.25, -0.2) is 0 Å². The maximum absolute atomic E-state index is 14.0. The smallest absolute Gasteiger partial charge is 0.243 e. The van der Waals surface area contributed by atoms with Gasteiger partial charge >= 0.3 is 0 Å². The van der Waals surface area contributed by atoms with Gasteiger partial charge in [-0.2, -0.15) is 0 Å². The highest BCUT2D eigenvalue weighted by Gasteiger charge is 2.32. The number of amides is 2. The Morgan fingerprint density at radius 2 is 1.57 bits per heavy atom. The lowest BCUT2D eigenvalue weighted by molar-refractivity contribution is -0.141. The second-order valence-corrected chi connectivity index (χ2v) is 11.3. The molecule has 2 aliphatic rings. The van der Waals surface area contributed by atoms with Gasteiger partial charge in [0, 0.05) is 25.4 Å². The summed E-state index contributed by atoms with van der Waals surface area (Å²) in [5, 5.41) is 4.10. The van der Waals surface area contributed by atoms with Crippen molar-refractivity contribution in [3.63, 3.8) is 0 Å². The third-order valence-electron chi connectivity index (χ3n) is 7.54. The molecule has 0 unspecified atom stereocenters. The minimum absolute atomic E-state index is 0.108. The van der Waals surface area contributed by atoms with Crippen LogP contribution in [0.3, 0.4) is 0 Å². The predicted octanol–water partition coefficient (Wildman–Crippen LogP) is 6.40. The Labute approximate surface area is 245 Å². The zero-order valence-electron chi connectivity index (χ0n) is 22.4. The van der Waals surface area contributed by atoms with Crippen LogP contribution in [0.5, 0.6) is 11.5 Å². The number of fused-ring (bicyclic) bond motifs is 1. The fourth-order valence-corrected chi connectivity index (χ4v) is 5.72. The Bertz CT molecular complexity index is 1330. The van der Waals surface area contributed by atoms with E-state index in [-0.39, 0.29) is 30.8 Å². The second kappa shape index (κ2) is 13.4. The standard InChI is InChI=1S/C32H34Cl2N2O4/c33-26-13-10-24(18-27(26)34)21-36(31(37)15-12-23-11-14-29-30(20-23)40-17-16-39-29)28(19-22-6-2-1-3-7-22)32(38)35-25-8-4-5-9-25/h1-3,6-7,10-11,13-14,18,20,25,28H,4-5,8-9,12,15-17,19,21H2,(H,35,38)/t28-/m1/s1. The molecule has 1 heterocycles. The fourth-order valence-electron chi connectivity index (χ4n) is 5.39. The Kier molecular flexibility index (Phi) is 9.50. The fraction of sp³-hybridized carbons (Fsp3) is 0.375. The zero-order valence-corrected chi connectivity index (χ0v) is 23.9. The zero-order chi connectivity index (χ0) is 27.9. The number of halogens is 2. The summed E-state index contributed by atoms with van der Waals surface area (Å²) in [7, 11) is 0. The molecule has 3 aromatic carbocycles. The SMILES string of the molecule is O=C(NC1CCCC1)[C@@H](Cc1ccccc1)N(Cc1ccc(Cl)c(Cl)c1)C(=O)CCc1ccc2c(c1)OCCO2. The van der Waals surface area contributed by atoms with Gasteiger partial charge in [0.1, 0.15) is 19.3 Å². The number of rotatable bonds is 10. The third kappa shape index (κ3) is 7.29. The first kappa shape index (κ1) is 28.3. The predicted molar refractivity (Wildman–Crippen MR) is 157 cm³/mol. The topological polar surface area (TPSA) is 67.9 Å². The van der Waals surface area contributed by atoms with Crippen molar-refractivity contribution in [2.24, 2.45) is 0 Å². The number of hydrogen-bond acceptors (Lipinski definition) is 4. The average Bonchev–Trinajstić information content (AvgIpc) is 3.49. The van der Waals surface area contributed by atoms with Gasteiger partial charge in [-0.1, -0.05) is 78.5 Å². The molecular weight excluding hydrogens is 547 g/mol. The lowest BCUT2D eigenvalue weighted by atomic mass is 10.0. The summed E-state index contributed by atoms with van der Waals surface area (Å²) in [6, 6.07) is 20.4. The number of ether oxygens (including phenoxy) is 2. The summed E-state index contributed by atoms with van der Waals surface area (Å²) in [5.74, 6) is 1.18. The number of nitrogens with zero attached hydrogens (tertiary/aromatic N) is 1. The first-order valence-electron chi connectivity index (χ1n) is 13.9. The molecule has 0 bridgehead atoms. The Hall–Kier alpha value is -3.22. The van der Waals surface area contributed by atoms with Crippen molar-refractivity contribution in [1.29, 1.82) is 0 Å². The van der Waals surface area contributed by atoms with Gasteiger partial charge in [-0.15, -0.1) is 0 Å². The Morgan fingerprint density at radius 1 is 0.850 bits per heavy atom. The van der Waals surface area contributed by atoms with Crippen molar-refractivity contribution in [2.75, 3.05) is 13.2 Å². The first-order valence-corrected chi connectivity index (χ1v) is 14.7. The van der Waals surface area contributed by atoms with Gasteiger partial charge in [0.25, 0.3) is 0 Å². The van der Waals surface area contributed by atoms with E-state index in [0.29, 0.717) is 47.6 Å². The van der Waals surface area contributed by atoms with Crippen LogP contribution in [0.2, 0.25) is 10.0 Å². The molecule has 6 nitrogen and oxygen atoms in total. The Morgan fingerprint density at radius 3 is 2.33 bits per heavy atom. The molecule has 1 aliphatic carbocycles. The minimum atomic E-state index is -0.676. The van der Waals surface area contributed by atoms with Crippen molar-refractivity contribution in [3.05, 3.63) is 93.5 Å². The maximum atomic E-state index is 14.0. The van der Waals surface area contributed by atoms with Crippen molar-refractivity contribution >= 4 is 35.0 Å². The van der Waals surface area contributed by atoms with Crippen molar-refractivity contribution < 1.29 is 19.1 Å². The quantitative estimate of drug-likeness (QED) is 0.301. The molecule has 1 saturated carbocycles. The highest BCUT2D eigenvalue weighted by Crippen LogP contribution is 2.31. The molecule has 1 aliphatic heterocycles. The van der Waals surface area contributed by atoms with Gasteiger partial charge in [0.15, 0.2) is 11.5 Å². The van der Waals surface area contributed by atoms with Crippen LogP contribution in [0, 0.1) is 0 Å². The van der Waals surface area contributed by atoms with E-state index in [0.717, 1.165) is 42.4 Å². The molecule has 40 heavy (non-hydrogen) atoms. The highest BCUT2D eigenvalue weighted by atomic mass is 35.5. The lowest BCUT2D eigenvalue weighted by Crippen LogP contribution is -2.52. The molecule has 0 aromatic heterocycles. The number of nitrogens with one attached hydrogen (secondary N) is 1. The molecule has 3 aromatic rings. The van der Waals surface area contributed by atoms with Gasteiger partial charge in [-0.05, 0) is 60.2 Å². The Balaban J connectivity index is 1.41.